The molecule has 316 valence electrons. The average molecular weight is 847 g/mol. The molecule has 12 rings (SSSR count). The molecular formula is C64H50N2. The van der Waals surface area contributed by atoms with Crippen LogP contribution in [0, 0.1) is 0 Å². The zero-order valence-electron chi connectivity index (χ0n) is 37.6. The van der Waals surface area contributed by atoms with E-state index in [1.165, 1.54) is 110 Å². The predicted molar refractivity (Wildman–Crippen MR) is 284 cm³/mol. The molecule has 0 bridgehead atoms. The highest BCUT2D eigenvalue weighted by molar-refractivity contribution is 6.29. The molecule has 2 nitrogen and oxygen atoms in total. The lowest BCUT2D eigenvalue weighted by Crippen LogP contribution is -2.12. The second-order valence-corrected chi connectivity index (χ2v) is 17.9. The summed E-state index contributed by atoms with van der Waals surface area (Å²) < 4.78 is 2.42. The molecule has 2 aliphatic rings. The fourth-order valence-corrected chi connectivity index (χ4v) is 10.9. The molecule has 66 heavy (non-hydrogen) atoms. The Bertz CT molecular complexity index is 3700. The molecule has 1 aliphatic heterocycles. The highest BCUT2D eigenvalue weighted by atomic mass is 15.0. The Balaban J connectivity index is 1.03. The van der Waals surface area contributed by atoms with E-state index in [1.807, 2.05) is 0 Å². The van der Waals surface area contributed by atoms with Gasteiger partial charge in [-0.3, -0.25) is 0 Å². The maximum absolute atomic E-state index is 5.77. The van der Waals surface area contributed by atoms with Crippen LogP contribution in [0.25, 0.3) is 93.3 Å². The van der Waals surface area contributed by atoms with Crippen molar-refractivity contribution in [3.63, 3.8) is 0 Å². The van der Waals surface area contributed by atoms with Gasteiger partial charge < -0.3 is 4.57 Å². The normalized spacial score (nSPS) is 17.6. The summed E-state index contributed by atoms with van der Waals surface area (Å²) in [7, 11) is 0. The van der Waals surface area contributed by atoms with Gasteiger partial charge in [0.2, 0.25) is 0 Å². The van der Waals surface area contributed by atoms with Crippen LogP contribution in [0.5, 0.6) is 0 Å². The van der Waals surface area contributed by atoms with Crippen molar-refractivity contribution in [3.05, 3.63) is 234 Å². The monoisotopic (exact) mass is 846 g/mol. The number of para-hydroxylation sites is 1. The number of nitrogens with zero attached hydrogens (tertiary/aromatic N) is 2. The molecule has 0 fully saturated rings. The van der Waals surface area contributed by atoms with Gasteiger partial charge in [0.05, 0.1) is 22.4 Å². The Labute approximate surface area is 386 Å². The van der Waals surface area contributed by atoms with Crippen LogP contribution >= 0.6 is 0 Å². The standard InChI is InChI=1S/C64H50N2/c1-3-50-51(45-20-9-5-10-21-45)37-30-42(2)63(65-64(50)46-22-11-6-12-23-46)48-33-38-57-58(41-48)54-25-14-13-24-53(54)56-28-17-27-52(62(56)57)47-34-39-61-59(40-47)55-26-15-16-29-60(55)66(61)49-35-31-44(32-36-49)43-18-7-4-8-19-43/h4-5,7-11,13-29,31-36,38-41H,3,6,12,30,37H2,1-2H3/b51-50+,63-42+,65-64-. The van der Waals surface area contributed by atoms with E-state index in [1.54, 1.807) is 0 Å². The Morgan fingerprint density at radius 2 is 1.11 bits per heavy atom. The Morgan fingerprint density at radius 3 is 1.86 bits per heavy atom. The van der Waals surface area contributed by atoms with Crippen LogP contribution in [-0.4, -0.2) is 10.3 Å². The van der Waals surface area contributed by atoms with Crippen molar-refractivity contribution in [1.29, 1.82) is 0 Å². The van der Waals surface area contributed by atoms with Crippen LogP contribution in [0.15, 0.2) is 228 Å². The summed E-state index contributed by atoms with van der Waals surface area (Å²) in [5.41, 5.74) is 18.5. The molecule has 0 unspecified atom stereocenters. The molecule has 10 aromatic rings. The number of aromatic nitrogens is 1. The van der Waals surface area contributed by atoms with Gasteiger partial charge in [0.25, 0.3) is 0 Å². The van der Waals surface area contributed by atoms with Crippen LogP contribution in [0.1, 0.15) is 57.1 Å². The van der Waals surface area contributed by atoms with Crippen molar-refractivity contribution in [2.45, 2.75) is 46.0 Å². The minimum absolute atomic E-state index is 0.922. The third-order valence-electron chi connectivity index (χ3n) is 14.1. The number of allylic oxidation sites excluding steroid dienone is 7. The quantitative estimate of drug-likeness (QED) is 0.142. The van der Waals surface area contributed by atoms with Crippen molar-refractivity contribution in [1.82, 2.24) is 4.57 Å². The van der Waals surface area contributed by atoms with Crippen LogP contribution < -0.4 is 0 Å². The molecule has 0 spiro atoms. The van der Waals surface area contributed by atoms with E-state index in [-0.39, 0.29) is 0 Å². The summed E-state index contributed by atoms with van der Waals surface area (Å²) in [5.74, 6) is 0. The average Bonchev–Trinajstić information content (AvgIpc) is 3.72. The fourth-order valence-electron chi connectivity index (χ4n) is 10.9. The molecule has 2 heteroatoms. The molecule has 1 aromatic heterocycles. The maximum Gasteiger partial charge on any atom is 0.0740 e. The van der Waals surface area contributed by atoms with Gasteiger partial charge in [0, 0.05) is 22.0 Å². The fraction of sp³-hybridized carbons (Fsp3) is 0.109. The third-order valence-corrected chi connectivity index (χ3v) is 14.1. The van der Waals surface area contributed by atoms with Gasteiger partial charge in [0.1, 0.15) is 0 Å². The van der Waals surface area contributed by atoms with E-state index in [2.05, 4.69) is 225 Å². The van der Waals surface area contributed by atoms with Crippen LogP contribution in [0.4, 0.5) is 0 Å². The highest BCUT2D eigenvalue weighted by Gasteiger charge is 2.23. The van der Waals surface area contributed by atoms with Crippen molar-refractivity contribution >= 4 is 71.1 Å². The lowest BCUT2D eigenvalue weighted by Gasteiger charge is -2.23. The first-order valence-corrected chi connectivity index (χ1v) is 23.6. The van der Waals surface area contributed by atoms with Gasteiger partial charge in [0.15, 0.2) is 0 Å². The zero-order valence-corrected chi connectivity index (χ0v) is 37.6. The third kappa shape index (κ3) is 6.75. The van der Waals surface area contributed by atoms with Gasteiger partial charge in [-0.1, -0.05) is 177 Å². The lowest BCUT2D eigenvalue weighted by atomic mass is 9.85. The summed E-state index contributed by atoms with van der Waals surface area (Å²) in [6.07, 6.45) is 12.0. The highest BCUT2D eigenvalue weighted by Crippen LogP contribution is 2.44. The van der Waals surface area contributed by atoms with Crippen molar-refractivity contribution in [2.75, 3.05) is 0 Å². The van der Waals surface area contributed by atoms with E-state index in [9.17, 15) is 0 Å². The molecule has 0 saturated carbocycles. The van der Waals surface area contributed by atoms with Crippen molar-refractivity contribution in [2.24, 2.45) is 4.99 Å². The number of hydrogen-bond donors (Lipinski definition) is 0. The second-order valence-electron chi connectivity index (χ2n) is 17.9. The van der Waals surface area contributed by atoms with Crippen LogP contribution in [0.2, 0.25) is 0 Å². The molecule has 0 atom stereocenters. The minimum Gasteiger partial charge on any atom is -0.309 e. The largest absolute Gasteiger partial charge is 0.309 e. The van der Waals surface area contributed by atoms with E-state index >= 15 is 0 Å². The van der Waals surface area contributed by atoms with Gasteiger partial charge in [-0.05, 0) is 158 Å². The summed E-state index contributed by atoms with van der Waals surface area (Å²) in [6, 6.07) is 69.5. The van der Waals surface area contributed by atoms with E-state index in [0.29, 0.717) is 0 Å². The molecule has 1 aliphatic carbocycles. The second kappa shape index (κ2) is 16.6. The molecule has 0 N–H and O–H groups in total. The minimum atomic E-state index is 0.922. The molecule has 9 aromatic carbocycles. The molecule has 0 saturated heterocycles. The Kier molecular flexibility index (Phi) is 10.0. The first-order chi connectivity index (χ1) is 32.6. The zero-order chi connectivity index (χ0) is 44.1. The summed E-state index contributed by atoms with van der Waals surface area (Å²) in [6.45, 7) is 4.60. The summed E-state index contributed by atoms with van der Waals surface area (Å²) >= 11 is 0. The van der Waals surface area contributed by atoms with Crippen molar-refractivity contribution in [3.8, 4) is 27.9 Å². The predicted octanol–water partition coefficient (Wildman–Crippen LogP) is 17.7. The van der Waals surface area contributed by atoms with Gasteiger partial charge >= 0.3 is 0 Å². The molecule has 0 amide bonds. The van der Waals surface area contributed by atoms with E-state index in [0.717, 1.165) is 49.2 Å². The smallest absolute Gasteiger partial charge is 0.0740 e. The number of fused-ring (bicyclic) bond motifs is 9. The van der Waals surface area contributed by atoms with E-state index in [4.69, 9.17) is 4.99 Å². The Hall–Kier alpha value is -7.81. The van der Waals surface area contributed by atoms with Crippen molar-refractivity contribution < 1.29 is 0 Å². The SMILES string of the molecule is CCC1=C(\c2ccccc2)CC/C(C)=C(c2ccc3c(c2)c2ccccc2c2cccc(-c4ccc5c(c4)c4ccccc4n5-c4ccc(-c5ccccc5)cc4)c23)/N=C\1C1=CCCC=C1. The number of benzene rings is 9. The van der Waals surface area contributed by atoms with E-state index < -0.39 is 0 Å². The molecule has 2 heterocycles. The Morgan fingerprint density at radius 1 is 0.485 bits per heavy atom. The van der Waals surface area contributed by atoms with Gasteiger partial charge in [-0.25, -0.2) is 4.99 Å². The topological polar surface area (TPSA) is 17.3 Å². The number of hydrogen-bond acceptors (Lipinski definition) is 1. The number of rotatable bonds is 7. The molecule has 0 radical (unpaired) electrons. The van der Waals surface area contributed by atoms with Crippen LogP contribution in [0.3, 0.4) is 0 Å². The van der Waals surface area contributed by atoms with Gasteiger partial charge in [-0.15, -0.1) is 0 Å². The lowest BCUT2D eigenvalue weighted by molar-refractivity contribution is 0.971. The number of aliphatic imine (C=N–C) groups is 1. The van der Waals surface area contributed by atoms with Gasteiger partial charge in [-0.2, -0.15) is 0 Å². The summed E-state index contributed by atoms with van der Waals surface area (Å²) in [5, 5.41) is 10.1. The molecular weight excluding hydrogens is 797 g/mol. The maximum atomic E-state index is 5.77. The summed E-state index contributed by atoms with van der Waals surface area (Å²) in [4.78, 5) is 5.77. The van der Waals surface area contributed by atoms with Crippen LogP contribution in [-0.2, 0) is 0 Å². The first-order valence-electron chi connectivity index (χ1n) is 23.6. The first kappa shape index (κ1) is 39.8.